The molecule has 1 aromatic carbocycles. The SMILES string of the molecule is Cc1csc(NN=Cc2cc([N+](=O)[O-])ccc2C)n1. The Morgan fingerprint density at radius 1 is 1.47 bits per heavy atom. The Hall–Kier alpha value is -2.28. The number of benzene rings is 1. The number of hydrazone groups is 1. The maximum atomic E-state index is 10.7. The fourth-order valence-electron chi connectivity index (χ4n) is 1.44. The predicted octanol–water partition coefficient (Wildman–Crippen LogP) is 3.11. The summed E-state index contributed by atoms with van der Waals surface area (Å²) in [4.78, 5) is 14.5. The summed E-state index contributed by atoms with van der Waals surface area (Å²) in [6, 6.07) is 4.67. The van der Waals surface area contributed by atoms with Crippen LogP contribution in [0.4, 0.5) is 10.8 Å². The zero-order chi connectivity index (χ0) is 13.8. The van der Waals surface area contributed by atoms with Gasteiger partial charge in [0.25, 0.3) is 5.69 Å². The Labute approximate surface area is 114 Å². The molecule has 6 nitrogen and oxygen atoms in total. The van der Waals surface area contributed by atoms with E-state index in [1.54, 1.807) is 12.3 Å². The number of nitro groups is 1. The van der Waals surface area contributed by atoms with Gasteiger partial charge in [-0.1, -0.05) is 6.07 Å². The fraction of sp³-hybridized carbons (Fsp3) is 0.167. The second-order valence-electron chi connectivity index (χ2n) is 3.96. The number of nitro benzene ring substituents is 1. The largest absolute Gasteiger partial charge is 0.270 e. The molecule has 0 fully saturated rings. The zero-order valence-electron chi connectivity index (χ0n) is 10.5. The molecule has 0 saturated carbocycles. The van der Waals surface area contributed by atoms with Gasteiger partial charge in [-0.15, -0.1) is 11.3 Å². The second kappa shape index (κ2) is 5.57. The summed E-state index contributed by atoms with van der Waals surface area (Å²) in [6.07, 6.45) is 1.55. The molecule has 7 heteroatoms. The van der Waals surface area contributed by atoms with Crippen LogP contribution < -0.4 is 5.43 Å². The third-order valence-corrected chi connectivity index (χ3v) is 3.32. The summed E-state index contributed by atoms with van der Waals surface area (Å²) in [7, 11) is 0. The molecule has 1 heterocycles. The highest BCUT2D eigenvalue weighted by Gasteiger charge is 2.07. The molecule has 98 valence electrons. The van der Waals surface area contributed by atoms with Gasteiger partial charge in [-0.05, 0) is 19.4 Å². The van der Waals surface area contributed by atoms with Gasteiger partial charge < -0.3 is 0 Å². The number of aryl methyl sites for hydroxylation is 2. The van der Waals surface area contributed by atoms with Crippen molar-refractivity contribution in [2.45, 2.75) is 13.8 Å². The lowest BCUT2D eigenvalue weighted by Gasteiger charge is -1.99. The minimum Gasteiger partial charge on any atom is -0.258 e. The van der Waals surface area contributed by atoms with Crippen LogP contribution in [-0.4, -0.2) is 16.1 Å². The molecule has 0 atom stereocenters. The summed E-state index contributed by atoms with van der Waals surface area (Å²) in [5.41, 5.74) is 5.40. The molecule has 19 heavy (non-hydrogen) atoms. The maximum absolute atomic E-state index is 10.7. The van der Waals surface area contributed by atoms with Gasteiger partial charge in [-0.25, -0.2) is 4.98 Å². The van der Waals surface area contributed by atoms with E-state index in [0.29, 0.717) is 10.7 Å². The number of non-ortho nitro benzene ring substituents is 1. The number of hydrogen-bond donors (Lipinski definition) is 1. The van der Waals surface area contributed by atoms with Crippen molar-refractivity contribution >= 4 is 28.4 Å². The molecule has 0 unspecified atom stereocenters. The molecule has 0 aliphatic carbocycles. The molecule has 0 amide bonds. The van der Waals surface area contributed by atoms with E-state index in [1.165, 1.54) is 23.5 Å². The van der Waals surface area contributed by atoms with Crippen molar-refractivity contribution in [3.63, 3.8) is 0 Å². The highest BCUT2D eigenvalue weighted by molar-refractivity contribution is 7.13. The molecule has 0 spiro atoms. The molecule has 0 radical (unpaired) electrons. The van der Waals surface area contributed by atoms with Crippen molar-refractivity contribution in [2.24, 2.45) is 5.10 Å². The van der Waals surface area contributed by atoms with Crippen LogP contribution >= 0.6 is 11.3 Å². The van der Waals surface area contributed by atoms with Crippen LogP contribution in [0.2, 0.25) is 0 Å². The standard InChI is InChI=1S/C12H12N4O2S/c1-8-3-4-11(16(17)18)5-10(8)6-13-15-12-14-9(2)7-19-12/h3-7H,1-2H3,(H,14,15). The van der Waals surface area contributed by atoms with Crippen molar-refractivity contribution < 1.29 is 4.92 Å². The van der Waals surface area contributed by atoms with Crippen LogP contribution in [0, 0.1) is 24.0 Å². The molecule has 0 bridgehead atoms. The van der Waals surface area contributed by atoms with Crippen LogP contribution in [0.15, 0.2) is 28.7 Å². The lowest BCUT2D eigenvalue weighted by Crippen LogP contribution is -1.95. The van der Waals surface area contributed by atoms with Crippen molar-refractivity contribution in [1.29, 1.82) is 0 Å². The fourth-order valence-corrected chi connectivity index (χ4v) is 2.08. The molecule has 0 aliphatic heterocycles. The first-order chi connectivity index (χ1) is 9.06. The molecular weight excluding hydrogens is 264 g/mol. The first-order valence-corrected chi connectivity index (χ1v) is 6.40. The van der Waals surface area contributed by atoms with E-state index in [2.05, 4.69) is 15.5 Å². The van der Waals surface area contributed by atoms with Gasteiger partial charge in [0.15, 0.2) is 0 Å². The summed E-state index contributed by atoms with van der Waals surface area (Å²) in [5, 5.41) is 17.3. The Kier molecular flexibility index (Phi) is 3.86. The van der Waals surface area contributed by atoms with Gasteiger partial charge in [0.2, 0.25) is 5.13 Å². The lowest BCUT2D eigenvalue weighted by molar-refractivity contribution is -0.384. The Morgan fingerprint density at radius 3 is 2.89 bits per heavy atom. The predicted molar refractivity (Wildman–Crippen MR) is 75.9 cm³/mol. The number of nitrogens with one attached hydrogen (secondary N) is 1. The van der Waals surface area contributed by atoms with E-state index in [1.807, 2.05) is 19.2 Å². The van der Waals surface area contributed by atoms with E-state index >= 15 is 0 Å². The quantitative estimate of drug-likeness (QED) is 0.528. The number of thiazole rings is 1. The minimum atomic E-state index is -0.422. The third-order valence-electron chi connectivity index (χ3n) is 2.46. The Balaban J connectivity index is 2.13. The third kappa shape index (κ3) is 3.35. The summed E-state index contributed by atoms with van der Waals surface area (Å²) in [5.74, 6) is 0. The number of aromatic nitrogens is 1. The first kappa shape index (κ1) is 13.2. The van der Waals surface area contributed by atoms with Crippen molar-refractivity contribution in [2.75, 3.05) is 5.43 Å². The van der Waals surface area contributed by atoms with E-state index in [4.69, 9.17) is 0 Å². The lowest BCUT2D eigenvalue weighted by atomic mass is 10.1. The summed E-state index contributed by atoms with van der Waals surface area (Å²) in [6.45, 7) is 3.77. The van der Waals surface area contributed by atoms with E-state index in [0.717, 1.165) is 11.3 Å². The molecule has 2 rings (SSSR count). The maximum Gasteiger partial charge on any atom is 0.270 e. The van der Waals surface area contributed by atoms with Gasteiger partial charge in [0, 0.05) is 23.1 Å². The van der Waals surface area contributed by atoms with Crippen molar-refractivity contribution in [3.8, 4) is 0 Å². The number of rotatable bonds is 4. The minimum absolute atomic E-state index is 0.0529. The van der Waals surface area contributed by atoms with E-state index in [9.17, 15) is 10.1 Å². The molecule has 1 N–H and O–H groups in total. The topological polar surface area (TPSA) is 80.4 Å². The first-order valence-electron chi connectivity index (χ1n) is 5.52. The molecule has 0 aliphatic rings. The summed E-state index contributed by atoms with van der Waals surface area (Å²) < 4.78 is 0. The monoisotopic (exact) mass is 276 g/mol. The van der Waals surface area contributed by atoms with Gasteiger partial charge in [-0.3, -0.25) is 15.5 Å². The molecule has 2 aromatic rings. The van der Waals surface area contributed by atoms with E-state index < -0.39 is 4.92 Å². The highest BCUT2D eigenvalue weighted by Crippen LogP contribution is 2.17. The molecular formula is C12H12N4O2S. The Bertz CT molecular complexity index is 636. The van der Waals surface area contributed by atoms with Crippen LogP contribution in [0.3, 0.4) is 0 Å². The molecule has 1 aromatic heterocycles. The second-order valence-corrected chi connectivity index (χ2v) is 4.82. The van der Waals surface area contributed by atoms with Gasteiger partial charge >= 0.3 is 0 Å². The van der Waals surface area contributed by atoms with Crippen molar-refractivity contribution in [1.82, 2.24) is 4.98 Å². The highest BCUT2D eigenvalue weighted by atomic mass is 32.1. The number of nitrogens with zero attached hydrogens (tertiary/aromatic N) is 3. The van der Waals surface area contributed by atoms with Gasteiger partial charge in [0.05, 0.1) is 16.8 Å². The van der Waals surface area contributed by atoms with Crippen molar-refractivity contribution in [3.05, 3.63) is 50.5 Å². The summed E-state index contributed by atoms with van der Waals surface area (Å²) >= 11 is 1.45. The average Bonchev–Trinajstić information content (AvgIpc) is 2.77. The van der Waals surface area contributed by atoms with Gasteiger partial charge in [0.1, 0.15) is 0 Å². The van der Waals surface area contributed by atoms with Crippen LogP contribution in [-0.2, 0) is 0 Å². The molecule has 0 saturated heterocycles. The average molecular weight is 276 g/mol. The van der Waals surface area contributed by atoms with Crippen LogP contribution in [0.1, 0.15) is 16.8 Å². The van der Waals surface area contributed by atoms with E-state index in [-0.39, 0.29) is 5.69 Å². The smallest absolute Gasteiger partial charge is 0.258 e. The Morgan fingerprint density at radius 2 is 2.26 bits per heavy atom. The van der Waals surface area contributed by atoms with Crippen LogP contribution in [0.5, 0.6) is 0 Å². The normalized spacial score (nSPS) is 10.8. The number of hydrogen-bond acceptors (Lipinski definition) is 6. The zero-order valence-corrected chi connectivity index (χ0v) is 11.3. The van der Waals surface area contributed by atoms with Gasteiger partial charge in [-0.2, -0.15) is 5.10 Å². The van der Waals surface area contributed by atoms with Crippen LogP contribution in [0.25, 0.3) is 0 Å². The number of anilines is 1.